The Balaban J connectivity index is 1.92. The van der Waals surface area contributed by atoms with Gasteiger partial charge in [0.25, 0.3) is 0 Å². The molecule has 1 aromatic carbocycles. The first-order valence-corrected chi connectivity index (χ1v) is 10.3. The number of hydrogen-bond acceptors (Lipinski definition) is 5. The van der Waals surface area contributed by atoms with Gasteiger partial charge in [-0.25, -0.2) is 0 Å². The Morgan fingerprint density at radius 2 is 1.93 bits per heavy atom. The molecule has 2 rings (SSSR count). The molecule has 0 spiro atoms. The van der Waals surface area contributed by atoms with Gasteiger partial charge in [-0.15, -0.1) is 0 Å². The lowest BCUT2D eigenvalue weighted by atomic mass is 10.0. The van der Waals surface area contributed by atoms with Gasteiger partial charge in [0, 0.05) is 45.9 Å². The molecular formula is C22H38N2O3. The first-order valence-electron chi connectivity index (χ1n) is 10.3. The number of aryl methyl sites for hydroxylation is 2. The number of benzene rings is 1. The Morgan fingerprint density at radius 3 is 2.63 bits per heavy atom. The van der Waals surface area contributed by atoms with Crippen molar-refractivity contribution in [2.75, 3.05) is 59.2 Å². The molecule has 0 bridgehead atoms. The van der Waals surface area contributed by atoms with Crippen LogP contribution < -0.4 is 0 Å². The summed E-state index contributed by atoms with van der Waals surface area (Å²) in [6.45, 7) is 16.7. The minimum atomic E-state index is -0.460. The fourth-order valence-electron chi connectivity index (χ4n) is 3.34. The molecule has 1 N–H and O–H groups in total. The summed E-state index contributed by atoms with van der Waals surface area (Å²) < 4.78 is 11.1. The van der Waals surface area contributed by atoms with Crippen molar-refractivity contribution in [2.24, 2.45) is 5.92 Å². The van der Waals surface area contributed by atoms with Crippen LogP contribution in [-0.4, -0.2) is 80.2 Å². The highest BCUT2D eigenvalue weighted by molar-refractivity contribution is 5.30. The van der Waals surface area contributed by atoms with E-state index in [1.54, 1.807) is 0 Å². The molecule has 5 heteroatoms. The van der Waals surface area contributed by atoms with Crippen LogP contribution in [0.4, 0.5) is 0 Å². The molecule has 1 heterocycles. The molecule has 0 aliphatic carbocycles. The minimum absolute atomic E-state index is 0.402. The van der Waals surface area contributed by atoms with E-state index in [9.17, 15) is 5.11 Å². The van der Waals surface area contributed by atoms with E-state index in [1.807, 2.05) is 0 Å². The second-order valence-electron chi connectivity index (χ2n) is 8.20. The van der Waals surface area contributed by atoms with Crippen molar-refractivity contribution in [1.82, 2.24) is 9.80 Å². The molecule has 0 aromatic heterocycles. The van der Waals surface area contributed by atoms with Crippen LogP contribution in [0.2, 0.25) is 0 Å². The van der Waals surface area contributed by atoms with Crippen molar-refractivity contribution in [1.29, 1.82) is 0 Å². The molecule has 27 heavy (non-hydrogen) atoms. The van der Waals surface area contributed by atoms with Crippen LogP contribution in [0, 0.1) is 19.8 Å². The second kappa shape index (κ2) is 11.8. The largest absolute Gasteiger partial charge is 0.389 e. The topological polar surface area (TPSA) is 45.2 Å². The molecule has 5 nitrogen and oxygen atoms in total. The SMILES string of the molecule is Cc1ccc(C)c(CN(CCN2CCOCC2)C[C@H](O)COCC(C)C)c1. The molecule has 0 unspecified atom stereocenters. The molecule has 0 saturated carbocycles. The number of ether oxygens (including phenoxy) is 2. The van der Waals surface area contributed by atoms with E-state index < -0.39 is 6.10 Å². The second-order valence-corrected chi connectivity index (χ2v) is 8.20. The molecule has 1 fully saturated rings. The highest BCUT2D eigenvalue weighted by atomic mass is 16.5. The summed E-state index contributed by atoms with van der Waals surface area (Å²) in [5.74, 6) is 0.490. The highest BCUT2D eigenvalue weighted by Gasteiger charge is 2.17. The van der Waals surface area contributed by atoms with E-state index in [2.05, 4.69) is 55.7 Å². The predicted octanol–water partition coefficient (Wildman–Crippen LogP) is 2.47. The zero-order valence-corrected chi connectivity index (χ0v) is 17.6. The Hall–Kier alpha value is -0.980. The van der Waals surface area contributed by atoms with E-state index in [4.69, 9.17) is 9.47 Å². The molecule has 0 radical (unpaired) electrons. The van der Waals surface area contributed by atoms with Gasteiger partial charge in [-0.2, -0.15) is 0 Å². The average Bonchev–Trinajstić information content (AvgIpc) is 2.63. The summed E-state index contributed by atoms with van der Waals surface area (Å²) in [5.41, 5.74) is 3.93. The quantitative estimate of drug-likeness (QED) is 0.641. The number of aliphatic hydroxyl groups excluding tert-OH is 1. The normalized spacial score (nSPS) is 17.0. The standard InChI is InChI=1S/C22H38N2O3/c1-18(2)16-27-17-22(25)15-24(8-7-23-9-11-26-12-10-23)14-21-13-19(3)5-6-20(21)4/h5-6,13,18,22,25H,7-12,14-17H2,1-4H3/t22-/m0/s1. The Kier molecular flexibility index (Phi) is 9.73. The van der Waals surface area contributed by atoms with Crippen molar-refractivity contribution >= 4 is 0 Å². The number of morpholine rings is 1. The van der Waals surface area contributed by atoms with Gasteiger partial charge >= 0.3 is 0 Å². The third kappa shape index (κ3) is 8.71. The third-order valence-corrected chi connectivity index (χ3v) is 4.97. The maximum absolute atomic E-state index is 10.5. The van der Waals surface area contributed by atoms with Gasteiger partial charge in [0.1, 0.15) is 0 Å². The predicted molar refractivity (Wildman–Crippen MR) is 110 cm³/mol. The van der Waals surface area contributed by atoms with Crippen LogP contribution in [0.25, 0.3) is 0 Å². The summed E-state index contributed by atoms with van der Waals surface area (Å²) in [6, 6.07) is 6.61. The van der Waals surface area contributed by atoms with E-state index in [-0.39, 0.29) is 0 Å². The maximum Gasteiger partial charge on any atom is 0.0900 e. The van der Waals surface area contributed by atoms with E-state index in [0.29, 0.717) is 25.7 Å². The van der Waals surface area contributed by atoms with Gasteiger partial charge < -0.3 is 14.6 Å². The van der Waals surface area contributed by atoms with Crippen LogP contribution in [0.15, 0.2) is 18.2 Å². The van der Waals surface area contributed by atoms with Crippen LogP contribution in [0.3, 0.4) is 0 Å². The summed E-state index contributed by atoms with van der Waals surface area (Å²) in [7, 11) is 0. The smallest absolute Gasteiger partial charge is 0.0900 e. The van der Waals surface area contributed by atoms with Crippen molar-refractivity contribution in [3.8, 4) is 0 Å². The maximum atomic E-state index is 10.5. The molecule has 1 aliphatic rings. The fraction of sp³-hybridized carbons (Fsp3) is 0.727. The lowest BCUT2D eigenvalue weighted by Gasteiger charge is -2.31. The number of rotatable bonds is 11. The van der Waals surface area contributed by atoms with Crippen LogP contribution in [0.5, 0.6) is 0 Å². The lowest BCUT2D eigenvalue weighted by molar-refractivity contribution is 0.000927. The van der Waals surface area contributed by atoms with Crippen molar-refractivity contribution in [3.05, 3.63) is 34.9 Å². The summed E-state index contributed by atoms with van der Waals surface area (Å²) in [5, 5.41) is 10.5. The average molecular weight is 379 g/mol. The summed E-state index contributed by atoms with van der Waals surface area (Å²) in [6.07, 6.45) is -0.460. The van der Waals surface area contributed by atoms with Gasteiger partial charge in [0.15, 0.2) is 0 Å². The van der Waals surface area contributed by atoms with Crippen LogP contribution in [-0.2, 0) is 16.0 Å². The fourth-order valence-corrected chi connectivity index (χ4v) is 3.34. The third-order valence-electron chi connectivity index (χ3n) is 4.97. The zero-order valence-electron chi connectivity index (χ0n) is 17.6. The minimum Gasteiger partial charge on any atom is -0.389 e. The molecule has 0 amide bonds. The van der Waals surface area contributed by atoms with E-state index in [0.717, 1.165) is 45.9 Å². The Labute approximate surface area is 165 Å². The van der Waals surface area contributed by atoms with Crippen molar-refractivity contribution < 1.29 is 14.6 Å². The van der Waals surface area contributed by atoms with Crippen LogP contribution in [0.1, 0.15) is 30.5 Å². The zero-order chi connectivity index (χ0) is 19.6. The molecule has 1 aliphatic heterocycles. The number of nitrogens with zero attached hydrogens (tertiary/aromatic N) is 2. The van der Waals surface area contributed by atoms with Crippen molar-refractivity contribution in [3.63, 3.8) is 0 Å². The molecular weight excluding hydrogens is 340 g/mol. The first-order chi connectivity index (χ1) is 12.9. The highest BCUT2D eigenvalue weighted by Crippen LogP contribution is 2.14. The van der Waals surface area contributed by atoms with Gasteiger partial charge in [-0.3, -0.25) is 9.80 Å². The Morgan fingerprint density at radius 1 is 1.19 bits per heavy atom. The summed E-state index contributed by atoms with van der Waals surface area (Å²) >= 11 is 0. The number of aliphatic hydroxyl groups is 1. The van der Waals surface area contributed by atoms with Gasteiger partial charge in [-0.05, 0) is 30.9 Å². The Bertz CT molecular complexity index is 544. The molecule has 1 aromatic rings. The monoisotopic (exact) mass is 378 g/mol. The van der Waals surface area contributed by atoms with Crippen molar-refractivity contribution in [2.45, 2.75) is 40.3 Å². The molecule has 1 saturated heterocycles. The molecule has 1 atom stereocenters. The van der Waals surface area contributed by atoms with Crippen LogP contribution >= 0.6 is 0 Å². The summed E-state index contributed by atoms with van der Waals surface area (Å²) in [4.78, 5) is 4.81. The van der Waals surface area contributed by atoms with Gasteiger partial charge in [0.2, 0.25) is 0 Å². The number of hydrogen-bond donors (Lipinski definition) is 1. The molecule has 154 valence electrons. The van der Waals surface area contributed by atoms with E-state index in [1.165, 1.54) is 16.7 Å². The lowest BCUT2D eigenvalue weighted by Crippen LogP contribution is -2.43. The van der Waals surface area contributed by atoms with Gasteiger partial charge in [-0.1, -0.05) is 37.6 Å². The van der Waals surface area contributed by atoms with E-state index >= 15 is 0 Å². The van der Waals surface area contributed by atoms with Gasteiger partial charge in [0.05, 0.1) is 25.9 Å². The first kappa shape index (κ1) is 22.3.